The van der Waals surface area contributed by atoms with Crippen LogP contribution in [0.5, 0.6) is 0 Å². The second kappa shape index (κ2) is 5.91. The molecule has 110 valence electrons. The van der Waals surface area contributed by atoms with Crippen LogP contribution in [0.1, 0.15) is 40.7 Å². The summed E-state index contributed by atoms with van der Waals surface area (Å²) in [6.07, 6.45) is 2.11. The summed E-state index contributed by atoms with van der Waals surface area (Å²) < 4.78 is 21.0. The summed E-state index contributed by atoms with van der Waals surface area (Å²) in [5.41, 5.74) is 1.14. The van der Waals surface area contributed by atoms with Gasteiger partial charge in [0.15, 0.2) is 12.0 Å². The van der Waals surface area contributed by atoms with Crippen molar-refractivity contribution in [3.05, 3.63) is 46.0 Å². The molecule has 0 bridgehead atoms. The molecule has 0 N–H and O–H groups in total. The normalized spacial score (nSPS) is 18.1. The van der Waals surface area contributed by atoms with Crippen molar-refractivity contribution in [1.82, 2.24) is 15.0 Å². The molecule has 0 amide bonds. The van der Waals surface area contributed by atoms with Crippen LogP contribution in [0.15, 0.2) is 18.2 Å². The average Bonchev–Trinajstić information content (AvgIpc) is 3.11. The molecule has 0 radical (unpaired) electrons. The highest BCUT2D eigenvalue weighted by Crippen LogP contribution is 2.30. The first-order valence-corrected chi connectivity index (χ1v) is 7.01. The summed E-state index contributed by atoms with van der Waals surface area (Å²) in [5, 5.41) is 8.09. The summed E-state index contributed by atoms with van der Waals surface area (Å²) >= 11 is 6.03. The predicted molar refractivity (Wildman–Crippen MR) is 73.8 cm³/mol. The molecule has 1 aliphatic rings. The highest BCUT2D eigenvalue weighted by atomic mass is 35.5. The van der Waals surface area contributed by atoms with Crippen molar-refractivity contribution in [1.29, 1.82) is 0 Å². The van der Waals surface area contributed by atoms with E-state index in [-0.39, 0.29) is 18.3 Å². The average molecular weight is 310 g/mol. The highest BCUT2D eigenvalue weighted by Gasteiger charge is 2.27. The third kappa shape index (κ3) is 2.69. The number of benzene rings is 1. The van der Waals surface area contributed by atoms with Gasteiger partial charge in [-0.2, -0.15) is 0 Å². The molecule has 1 aliphatic heterocycles. The molecule has 1 atom stereocenters. The summed E-state index contributed by atoms with van der Waals surface area (Å²) in [5.74, 6) is -0.413. The molecule has 1 aromatic carbocycles. The Kier molecular flexibility index (Phi) is 3.98. The Morgan fingerprint density at radius 1 is 1.52 bits per heavy atom. The number of ether oxygens (including phenoxy) is 1. The zero-order chi connectivity index (χ0) is 14.8. The summed E-state index contributed by atoms with van der Waals surface area (Å²) in [6.45, 7) is 0.746. The van der Waals surface area contributed by atoms with E-state index in [1.165, 1.54) is 10.7 Å². The number of rotatable bonds is 4. The van der Waals surface area contributed by atoms with E-state index in [0.29, 0.717) is 29.2 Å². The Hall–Kier alpha value is -1.79. The zero-order valence-electron chi connectivity index (χ0n) is 11.1. The van der Waals surface area contributed by atoms with Crippen LogP contribution in [0.25, 0.3) is 0 Å². The van der Waals surface area contributed by atoms with Gasteiger partial charge in [-0.3, -0.25) is 4.79 Å². The molecule has 1 aromatic heterocycles. The maximum absolute atomic E-state index is 13.9. The van der Waals surface area contributed by atoms with Crippen LogP contribution in [0.3, 0.4) is 0 Å². The number of hydrogen-bond acceptors (Lipinski definition) is 4. The molecule has 21 heavy (non-hydrogen) atoms. The van der Waals surface area contributed by atoms with Crippen LogP contribution in [0.2, 0.25) is 5.02 Å². The number of hydrogen-bond donors (Lipinski definition) is 0. The van der Waals surface area contributed by atoms with Gasteiger partial charge in [0.05, 0.1) is 12.2 Å². The molecule has 7 heteroatoms. The van der Waals surface area contributed by atoms with Gasteiger partial charge in [-0.1, -0.05) is 22.9 Å². The largest absolute Gasteiger partial charge is 0.372 e. The lowest BCUT2D eigenvalue weighted by atomic mass is 10.1. The smallest absolute Gasteiger partial charge is 0.172 e. The molecule has 1 fully saturated rings. The van der Waals surface area contributed by atoms with Gasteiger partial charge in [-0.25, -0.2) is 9.07 Å². The molecule has 3 rings (SSSR count). The van der Waals surface area contributed by atoms with Gasteiger partial charge in [-0.15, -0.1) is 5.10 Å². The van der Waals surface area contributed by atoms with E-state index in [0.717, 1.165) is 12.8 Å². The van der Waals surface area contributed by atoms with Crippen LogP contribution >= 0.6 is 11.6 Å². The third-order valence-corrected chi connectivity index (χ3v) is 3.87. The monoisotopic (exact) mass is 309 g/mol. The fourth-order valence-corrected chi connectivity index (χ4v) is 2.71. The quantitative estimate of drug-likeness (QED) is 0.815. The summed E-state index contributed by atoms with van der Waals surface area (Å²) in [6, 6.07) is 4.49. The first-order chi connectivity index (χ1) is 10.2. The molecule has 2 aromatic rings. The number of carbonyl (C=O) groups excluding carboxylic acids is 1. The van der Waals surface area contributed by atoms with E-state index >= 15 is 0 Å². The number of aromatic nitrogens is 3. The van der Waals surface area contributed by atoms with Crippen molar-refractivity contribution in [3.8, 4) is 0 Å². The molecular weight excluding hydrogens is 297 g/mol. The maximum atomic E-state index is 13.9. The van der Waals surface area contributed by atoms with E-state index in [2.05, 4.69) is 10.3 Å². The Balaban J connectivity index is 1.99. The van der Waals surface area contributed by atoms with Crippen LogP contribution in [-0.4, -0.2) is 27.9 Å². The second-order valence-electron chi connectivity index (χ2n) is 4.84. The predicted octanol–water partition coefficient (Wildman–Crippen LogP) is 2.78. The number of carbonyl (C=O) groups is 1. The van der Waals surface area contributed by atoms with Gasteiger partial charge in [0.1, 0.15) is 11.9 Å². The van der Waals surface area contributed by atoms with Gasteiger partial charge < -0.3 is 4.74 Å². The first kappa shape index (κ1) is 14.2. The fourth-order valence-electron chi connectivity index (χ4n) is 2.49. The lowest BCUT2D eigenvalue weighted by molar-refractivity contribution is 0.101. The standard InChI is InChI=1S/C14H13ClFN3O2/c15-10-3-1-4-11(16)9(10)7-19-14(12(8-20)17-18-19)13-5-2-6-21-13/h1,3-4,8,13H,2,5-7H2. The topological polar surface area (TPSA) is 57.0 Å². The number of nitrogens with zero attached hydrogens (tertiary/aromatic N) is 3. The second-order valence-corrected chi connectivity index (χ2v) is 5.24. The van der Waals surface area contributed by atoms with Gasteiger partial charge >= 0.3 is 0 Å². The van der Waals surface area contributed by atoms with Gasteiger partial charge in [0.2, 0.25) is 0 Å². The minimum absolute atomic E-state index is 0.113. The highest BCUT2D eigenvalue weighted by molar-refractivity contribution is 6.31. The van der Waals surface area contributed by atoms with Gasteiger partial charge in [0, 0.05) is 17.2 Å². The van der Waals surface area contributed by atoms with E-state index in [9.17, 15) is 9.18 Å². The SMILES string of the molecule is O=Cc1nnn(Cc2c(F)cccc2Cl)c1C1CCCO1. The van der Waals surface area contributed by atoms with Crippen molar-refractivity contribution < 1.29 is 13.9 Å². The Bertz CT molecular complexity index is 648. The molecular formula is C14H13ClFN3O2. The molecule has 0 spiro atoms. The Morgan fingerprint density at radius 2 is 2.38 bits per heavy atom. The summed E-state index contributed by atoms with van der Waals surface area (Å²) in [4.78, 5) is 11.1. The molecule has 5 nitrogen and oxygen atoms in total. The molecule has 1 saturated heterocycles. The van der Waals surface area contributed by atoms with Crippen molar-refractivity contribution in [2.24, 2.45) is 0 Å². The minimum atomic E-state index is -0.413. The van der Waals surface area contributed by atoms with Crippen LogP contribution in [-0.2, 0) is 11.3 Å². The third-order valence-electron chi connectivity index (χ3n) is 3.52. The van der Waals surface area contributed by atoms with Crippen LogP contribution in [0, 0.1) is 5.82 Å². The first-order valence-electron chi connectivity index (χ1n) is 6.63. The lowest BCUT2D eigenvalue weighted by Crippen LogP contribution is -2.12. The van der Waals surface area contributed by atoms with Crippen LogP contribution < -0.4 is 0 Å². The van der Waals surface area contributed by atoms with Gasteiger partial charge in [0.25, 0.3) is 0 Å². The minimum Gasteiger partial charge on any atom is -0.372 e. The molecule has 0 saturated carbocycles. The van der Waals surface area contributed by atoms with E-state index in [4.69, 9.17) is 16.3 Å². The van der Waals surface area contributed by atoms with E-state index < -0.39 is 5.82 Å². The lowest BCUT2D eigenvalue weighted by Gasteiger charge is -2.13. The van der Waals surface area contributed by atoms with Crippen molar-refractivity contribution in [2.45, 2.75) is 25.5 Å². The van der Waals surface area contributed by atoms with E-state index in [1.807, 2.05) is 0 Å². The molecule has 0 aliphatic carbocycles. The maximum Gasteiger partial charge on any atom is 0.172 e. The number of aldehydes is 1. The van der Waals surface area contributed by atoms with E-state index in [1.54, 1.807) is 12.1 Å². The zero-order valence-corrected chi connectivity index (χ0v) is 11.9. The van der Waals surface area contributed by atoms with Crippen molar-refractivity contribution in [2.75, 3.05) is 6.61 Å². The molecule has 1 unspecified atom stereocenters. The van der Waals surface area contributed by atoms with Crippen LogP contribution in [0.4, 0.5) is 4.39 Å². The van der Waals surface area contributed by atoms with Gasteiger partial charge in [-0.05, 0) is 25.0 Å². The number of halogens is 2. The Morgan fingerprint density at radius 3 is 3.05 bits per heavy atom. The van der Waals surface area contributed by atoms with Crippen molar-refractivity contribution >= 4 is 17.9 Å². The fraction of sp³-hybridized carbons (Fsp3) is 0.357. The Labute approximate surface area is 125 Å². The molecule has 2 heterocycles. The van der Waals surface area contributed by atoms with Crippen molar-refractivity contribution in [3.63, 3.8) is 0 Å². The summed E-state index contributed by atoms with van der Waals surface area (Å²) in [7, 11) is 0.